The van der Waals surface area contributed by atoms with Gasteiger partial charge in [-0.15, -0.1) is 11.3 Å². The van der Waals surface area contributed by atoms with Crippen LogP contribution in [0.15, 0.2) is 47.0 Å². The molecule has 0 amide bonds. The van der Waals surface area contributed by atoms with Crippen LogP contribution in [0.25, 0.3) is 43.4 Å². The number of hydrogen-bond donors (Lipinski definition) is 0. The first kappa shape index (κ1) is 14.6. The molecule has 5 aromatic rings. The average molecular weight is 344 g/mol. The van der Waals surface area contributed by atoms with Gasteiger partial charge in [-0.3, -0.25) is 4.98 Å². The summed E-state index contributed by atoms with van der Waals surface area (Å²) in [7, 11) is 0. The summed E-state index contributed by atoms with van der Waals surface area (Å²) in [6.07, 6.45) is 1.98. The van der Waals surface area contributed by atoms with Crippen molar-refractivity contribution in [2.45, 2.75) is 20.8 Å². The van der Waals surface area contributed by atoms with Crippen molar-refractivity contribution in [3.05, 3.63) is 58.7 Å². The van der Waals surface area contributed by atoms with Gasteiger partial charge in [-0.1, -0.05) is 12.1 Å². The largest absolute Gasteiger partial charge is 0.437 e. The monoisotopic (exact) mass is 344 g/mol. The van der Waals surface area contributed by atoms with Crippen LogP contribution in [0.4, 0.5) is 0 Å². The number of thiophene rings is 1. The molecule has 5 rings (SSSR count). The molecule has 3 nitrogen and oxygen atoms in total. The SMILES string of the molecule is Cc1ccc2c(n1)oc1c(-c3cc4sc(C)c(C)c4cn3)cccc12. The number of hydrogen-bond acceptors (Lipinski definition) is 4. The Kier molecular flexibility index (Phi) is 3.00. The van der Waals surface area contributed by atoms with Gasteiger partial charge in [-0.2, -0.15) is 0 Å². The van der Waals surface area contributed by atoms with Crippen molar-refractivity contribution in [3.8, 4) is 11.3 Å². The molecule has 1 aromatic carbocycles. The second-order valence-electron chi connectivity index (χ2n) is 6.44. The Morgan fingerprint density at radius 3 is 2.72 bits per heavy atom. The zero-order valence-electron chi connectivity index (χ0n) is 14.3. The number of aryl methyl sites for hydroxylation is 3. The van der Waals surface area contributed by atoms with E-state index in [0.29, 0.717) is 5.71 Å². The molecule has 122 valence electrons. The molecule has 0 saturated heterocycles. The third-order valence-electron chi connectivity index (χ3n) is 4.84. The predicted octanol–water partition coefficient (Wildman–Crippen LogP) is 6.18. The number of rotatable bonds is 1. The lowest BCUT2D eigenvalue weighted by Crippen LogP contribution is -1.84. The molecule has 0 fully saturated rings. The molecule has 4 heterocycles. The van der Waals surface area contributed by atoms with Gasteiger partial charge in [-0.25, -0.2) is 4.98 Å². The number of nitrogens with zero attached hydrogens (tertiary/aromatic N) is 2. The van der Waals surface area contributed by atoms with Crippen molar-refractivity contribution in [2.75, 3.05) is 0 Å². The van der Waals surface area contributed by atoms with Gasteiger partial charge in [0.05, 0.1) is 5.69 Å². The van der Waals surface area contributed by atoms with Crippen molar-refractivity contribution in [2.24, 2.45) is 0 Å². The molecule has 0 spiro atoms. The smallest absolute Gasteiger partial charge is 0.227 e. The van der Waals surface area contributed by atoms with E-state index in [0.717, 1.165) is 33.3 Å². The first-order valence-corrected chi connectivity index (χ1v) is 9.08. The Labute approximate surface area is 149 Å². The van der Waals surface area contributed by atoms with Gasteiger partial charge < -0.3 is 4.42 Å². The first-order chi connectivity index (χ1) is 12.1. The number of benzene rings is 1. The first-order valence-electron chi connectivity index (χ1n) is 8.27. The molecular weight excluding hydrogens is 328 g/mol. The average Bonchev–Trinajstić information content (AvgIpc) is 3.11. The number of furan rings is 1. The van der Waals surface area contributed by atoms with Crippen molar-refractivity contribution in [1.29, 1.82) is 0 Å². The van der Waals surface area contributed by atoms with E-state index < -0.39 is 0 Å². The van der Waals surface area contributed by atoms with Crippen LogP contribution >= 0.6 is 11.3 Å². The number of para-hydroxylation sites is 1. The third kappa shape index (κ3) is 2.11. The number of aromatic nitrogens is 2. The fourth-order valence-corrected chi connectivity index (χ4v) is 4.43. The lowest BCUT2D eigenvalue weighted by atomic mass is 10.1. The van der Waals surface area contributed by atoms with Gasteiger partial charge in [-0.05, 0) is 50.6 Å². The second-order valence-corrected chi connectivity index (χ2v) is 7.69. The molecule has 0 N–H and O–H groups in total. The van der Waals surface area contributed by atoms with Crippen LogP contribution in [0.1, 0.15) is 16.1 Å². The Bertz CT molecular complexity index is 1280. The molecule has 25 heavy (non-hydrogen) atoms. The number of fused-ring (bicyclic) bond motifs is 4. The molecule has 4 heteroatoms. The minimum absolute atomic E-state index is 0.686. The van der Waals surface area contributed by atoms with Gasteiger partial charge in [0, 0.05) is 43.2 Å². The Balaban J connectivity index is 1.81. The fourth-order valence-electron chi connectivity index (χ4n) is 3.35. The molecule has 0 aliphatic rings. The van der Waals surface area contributed by atoms with E-state index in [9.17, 15) is 0 Å². The normalized spacial score (nSPS) is 11.8. The third-order valence-corrected chi connectivity index (χ3v) is 6.01. The lowest BCUT2D eigenvalue weighted by Gasteiger charge is -2.02. The quantitative estimate of drug-likeness (QED) is 0.364. The minimum Gasteiger partial charge on any atom is -0.437 e. The van der Waals surface area contributed by atoms with Crippen molar-refractivity contribution >= 4 is 43.5 Å². The van der Waals surface area contributed by atoms with E-state index in [1.807, 2.05) is 30.5 Å². The van der Waals surface area contributed by atoms with E-state index >= 15 is 0 Å². The summed E-state index contributed by atoms with van der Waals surface area (Å²) in [6, 6.07) is 12.5. The van der Waals surface area contributed by atoms with E-state index in [1.165, 1.54) is 20.5 Å². The van der Waals surface area contributed by atoms with Crippen LogP contribution in [0.2, 0.25) is 0 Å². The molecule has 0 atom stereocenters. The molecule has 0 unspecified atom stereocenters. The van der Waals surface area contributed by atoms with Gasteiger partial charge in [0.2, 0.25) is 5.71 Å². The van der Waals surface area contributed by atoms with Gasteiger partial charge in [0.25, 0.3) is 0 Å². The molecule has 0 aliphatic carbocycles. The van der Waals surface area contributed by atoms with Crippen LogP contribution in [0.5, 0.6) is 0 Å². The van der Waals surface area contributed by atoms with Crippen LogP contribution in [0, 0.1) is 20.8 Å². The molecule has 4 aromatic heterocycles. The Morgan fingerprint density at radius 2 is 1.84 bits per heavy atom. The second kappa shape index (κ2) is 5.14. The van der Waals surface area contributed by atoms with Gasteiger partial charge in [0.15, 0.2) is 0 Å². The van der Waals surface area contributed by atoms with E-state index in [2.05, 4.69) is 49.2 Å². The van der Waals surface area contributed by atoms with Crippen molar-refractivity contribution in [1.82, 2.24) is 9.97 Å². The van der Waals surface area contributed by atoms with E-state index in [-0.39, 0.29) is 0 Å². The van der Waals surface area contributed by atoms with E-state index in [4.69, 9.17) is 9.40 Å². The highest BCUT2D eigenvalue weighted by Crippen LogP contribution is 2.37. The maximum Gasteiger partial charge on any atom is 0.227 e. The van der Waals surface area contributed by atoms with Crippen molar-refractivity contribution < 1.29 is 4.42 Å². The number of pyridine rings is 2. The van der Waals surface area contributed by atoms with Gasteiger partial charge >= 0.3 is 0 Å². The Morgan fingerprint density at radius 1 is 0.960 bits per heavy atom. The zero-order chi connectivity index (χ0) is 17.1. The summed E-state index contributed by atoms with van der Waals surface area (Å²) in [6.45, 7) is 6.29. The van der Waals surface area contributed by atoms with Crippen LogP contribution < -0.4 is 0 Å². The summed E-state index contributed by atoms with van der Waals surface area (Å²) in [4.78, 5) is 10.6. The highest BCUT2D eigenvalue weighted by molar-refractivity contribution is 7.19. The van der Waals surface area contributed by atoms with E-state index in [1.54, 1.807) is 0 Å². The highest BCUT2D eigenvalue weighted by atomic mass is 32.1. The summed E-state index contributed by atoms with van der Waals surface area (Å²) in [5.74, 6) is 0. The van der Waals surface area contributed by atoms with Gasteiger partial charge in [0.1, 0.15) is 5.58 Å². The maximum absolute atomic E-state index is 6.11. The molecule has 0 radical (unpaired) electrons. The molecule has 0 bridgehead atoms. The van der Waals surface area contributed by atoms with Crippen LogP contribution in [-0.4, -0.2) is 9.97 Å². The summed E-state index contributed by atoms with van der Waals surface area (Å²) >= 11 is 1.82. The summed E-state index contributed by atoms with van der Waals surface area (Å²) in [5, 5.41) is 3.37. The molecular formula is C21H16N2OS. The maximum atomic E-state index is 6.11. The zero-order valence-corrected chi connectivity index (χ0v) is 15.1. The van der Waals surface area contributed by atoms with Crippen molar-refractivity contribution in [3.63, 3.8) is 0 Å². The summed E-state index contributed by atoms with van der Waals surface area (Å²) < 4.78 is 7.38. The fraction of sp³-hybridized carbons (Fsp3) is 0.143. The lowest BCUT2D eigenvalue weighted by molar-refractivity contribution is 0.653. The predicted molar refractivity (Wildman–Crippen MR) is 104 cm³/mol. The topological polar surface area (TPSA) is 38.9 Å². The Hall–Kier alpha value is -2.72. The van der Waals surface area contributed by atoms with Crippen LogP contribution in [-0.2, 0) is 0 Å². The molecule has 0 aliphatic heterocycles. The minimum atomic E-state index is 0.686. The standard InChI is InChI=1S/C21H16N2OS/c1-11-7-8-15-14-5-4-6-16(20(14)24-21(15)23-11)18-9-19-17(10-22-18)12(2)13(3)25-19/h4-10H,1-3H3. The summed E-state index contributed by atoms with van der Waals surface area (Å²) in [5.41, 5.74) is 5.77. The molecule has 0 saturated carbocycles. The van der Waals surface area contributed by atoms with Crippen LogP contribution in [0.3, 0.4) is 0 Å². The highest BCUT2D eigenvalue weighted by Gasteiger charge is 2.15.